The first-order chi connectivity index (χ1) is 5.65. The number of hydrogen-bond acceptors (Lipinski definition) is 1. The van der Waals surface area contributed by atoms with Gasteiger partial charge < -0.3 is 5.11 Å². The molecule has 0 aromatic rings. The monoisotopic (exact) mass is 168 g/mol. The second-order valence-corrected chi connectivity index (χ2v) is 3.61. The molecular formula is C10H16O2. The lowest BCUT2D eigenvalue weighted by Crippen LogP contribution is -2.18. The summed E-state index contributed by atoms with van der Waals surface area (Å²) < 4.78 is 0. The molecule has 0 radical (unpaired) electrons. The van der Waals surface area contributed by atoms with E-state index in [4.69, 9.17) is 5.11 Å². The van der Waals surface area contributed by atoms with E-state index >= 15 is 0 Å². The van der Waals surface area contributed by atoms with E-state index in [0.29, 0.717) is 11.5 Å². The van der Waals surface area contributed by atoms with E-state index in [0.717, 1.165) is 19.3 Å². The molecular weight excluding hydrogens is 152 g/mol. The normalized spacial score (nSPS) is 29.7. The smallest absolute Gasteiger partial charge is 0.331 e. The zero-order valence-electron chi connectivity index (χ0n) is 7.71. The standard InChI is InChI=1S/C10H16O2/c1-3-8-4-5-9(10(11)12)7(2)6-8/h5,7-8H,3-4,6H2,1-2H3,(H,11,12). The molecule has 1 aliphatic carbocycles. The van der Waals surface area contributed by atoms with Gasteiger partial charge in [-0.25, -0.2) is 4.79 Å². The van der Waals surface area contributed by atoms with Crippen LogP contribution >= 0.6 is 0 Å². The summed E-state index contributed by atoms with van der Waals surface area (Å²) in [7, 11) is 0. The molecule has 0 aromatic heterocycles. The molecule has 12 heavy (non-hydrogen) atoms. The van der Waals surface area contributed by atoms with Gasteiger partial charge in [-0.3, -0.25) is 0 Å². The van der Waals surface area contributed by atoms with Gasteiger partial charge in [0, 0.05) is 5.57 Å². The van der Waals surface area contributed by atoms with E-state index in [9.17, 15) is 4.79 Å². The van der Waals surface area contributed by atoms with Gasteiger partial charge in [-0.2, -0.15) is 0 Å². The van der Waals surface area contributed by atoms with Gasteiger partial charge in [0.25, 0.3) is 0 Å². The molecule has 1 aliphatic rings. The molecule has 0 amide bonds. The molecule has 1 N–H and O–H groups in total. The molecule has 0 aliphatic heterocycles. The Morgan fingerprint density at radius 1 is 1.75 bits per heavy atom. The third-order valence-corrected chi connectivity index (χ3v) is 2.71. The highest BCUT2D eigenvalue weighted by Crippen LogP contribution is 2.30. The maximum Gasteiger partial charge on any atom is 0.331 e. The number of aliphatic carboxylic acids is 1. The molecule has 0 spiro atoms. The van der Waals surface area contributed by atoms with Gasteiger partial charge in [-0.15, -0.1) is 0 Å². The van der Waals surface area contributed by atoms with E-state index in [1.54, 1.807) is 0 Å². The van der Waals surface area contributed by atoms with Gasteiger partial charge in [0.1, 0.15) is 0 Å². The number of carboxylic acid groups (broad SMARTS) is 1. The molecule has 0 fully saturated rings. The maximum absolute atomic E-state index is 10.7. The Morgan fingerprint density at radius 3 is 2.83 bits per heavy atom. The Morgan fingerprint density at radius 2 is 2.42 bits per heavy atom. The first kappa shape index (κ1) is 9.30. The van der Waals surface area contributed by atoms with Gasteiger partial charge in [-0.05, 0) is 24.7 Å². The molecule has 0 aromatic carbocycles. The summed E-state index contributed by atoms with van der Waals surface area (Å²) >= 11 is 0. The van der Waals surface area contributed by atoms with Gasteiger partial charge in [0.2, 0.25) is 0 Å². The summed E-state index contributed by atoms with van der Waals surface area (Å²) in [5.74, 6) is 0.196. The third-order valence-electron chi connectivity index (χ3n) is 2.71. The van der Waals surface area contributed by atoms with Crippen molar-refractivity contribution in [2.45, 2.75) is 33.1 Å². The highest BCUT2D eigenvalue weighted by atomic mass is 16.4. The Bertz CT molecular complexity index is 206. The summed E-state index contributed by atoms with van der Waals surface area (Å²) in [6.45, 7) is 4.17. The molecule has 2 nitrogen and oxygen atoms in total. The minimum atomic E-state index is -0.739. The van der Waals surface area contributed by atoms with Crippen molar-refractivity contribution in [2.24, 2.45) is 11.8 Å². The van der Waals surface area contributed by atoms with Crippen LogP contribution in [-0.2, 0) is 4.79 Å². The highest BCUT2D eigenvalue weighted by Gasteiger charge is 2.23. The Labute approximate surface area is 73.3 Å². The van der Waals surface area contributed by atoms with Crippen molar-refractivity contribution in [1.82, 2.24) is 0 Å². The van der Waals surface area contributed by atoms with Gasteiger partial charge >= 0.3 is 5.97 Å². The van der Waals surface area contributed by atoms with E-state index in [1.165, 1.54) is 0 Å². The van der Waals surface area contributed by atoms with Crippen molar-refractivity contribution in [3.63, 3.8) is 0 Å². The molecule has 2 unspecified atom stereocenters. The average Bonchev–Trinajstić information content (AvgIpc) is 2.03. The number of carbonyl (C=O) groups is 1. The molecule has 2 heteroatoms. The SMILES string of the molecule is CCC1CC=C(C(=O)O)C(C)C1. The predicted molar refractivity (Wildman–Crippen MR) is 47.9 cm³/mol. The van der Waals surface area contributed by atoms with Crippen molar-refractivity contribution < 1.29 is 9.90 Å². The third kappa shape index (κ3) is 1.87. The van der Waals surface area contributed by atoms with Crippen LogP contribution in [0.25, 0.3) is 0 Å². The van der Waals surface area contributed by atoms with Crippen LogP contribution in [0.5, 0.6) is 0 Å². The van der Waals surface area contributed by atoms with E-state index in [-0.39, 0.29) is 5.92 Å². The first-order valence-corrected chi connectivity index (χ1v) is 4.58. The van der Waals surface area contributed by atoms with Gasteiger partial charge in [-0.1, -0.05) is 26.3 Å². The van der Waals surface area contributed by atoms with Crippen LogP contribution in [0.1, 0.15) is 33.1 Å². The summed E-state index contributed by atoms with van der Waals surface area (Å²) in [4.78, 5) is 10.7. The minimum Gasteiger partial charge on any atom is -0.478 e. The maximum atomic E-state index is 10.7. The van der Waals surface area contributed by atoms with Crippen LogP contribution in [0, 0.1) is 11.8 Å². The van der Waals surface area contributed by atoms with E-state index in [2.05, 4.69) is 6.92 Å². The van der Waals surface area contributed by atoms with Crippen molar-refractivity contribution in [2.75, 3.05) is 0 Å². The molecule has 68 valence electrons. The van der Waals surface area contributed by atoms with E-state index < -0.39 is 5.97 Å². The highest BCUT2D eigenvalue weighted by molar-refractivity contribution is 5.87. The fourth-order valence-electron chi connectivity index (χ4n) is 1.85. The minimum absolute atomic E-state index is 0.237. The van der Waals surface area contributed by atoms with Crippen molar-refractivity contribution in [3.8, 4) is 0 Å². The lowest BCUT2D eigenvalue weighted by molar-refractivity contribution is -0.133. The number of allylic oxidation sites excluding steroid dienone is 1. The number of carboxylic acids is 1. The Hall–Kier alpha value is -0.790. The number of rotatable bonds is 2. The average molecular weight is 168 g/mol. The molecule has 0 saturated heterocycles. The van der Waals surface area contributed by atoms with Crippen molar-refractivity contribution in [1.29, 1.82) is 0 Å². The summed E-state index contributed by atoms with van der Waals surface area (Å²) in [6.07, 6.45) is 5.04. The van der Waals surface area contributed by atoms with Gasteiger partial charge in [0.05, 0.1) is 0 Å². The fraction of sp³-hybridized carbons (Fsp3) is 0.700. The van der Waals surface area contributed by atoms with Crippen LogP contribution in [0.3, 0.4) is 0 Å². The Balaban J connectivity index is 2.67. The van der Waals surface area contributed by atoms with Crippen LogP contribution in [0.15, 0.2) is 11.6 Å². The zero-order valence-corrected chi connectivity index (χ0v) is 7.71. The zero-order chi connectivity index (χ0) is 9.14. The van der Waals surface area contributed by atoms with Crippen LogP contribution in [0.2, 0.25) is 0 Å². The number of hydrogen-bond donors (Lipinski definition) is 1. The van der Waals surface area contributed by atoms with Gasteiger partial charge in [0.15, 0.2) is 0 Å². The molecule has 0 bridgehead atoms. The topological polar surface area (TPSA) is 37.3 Å². The van der Waals surface area contributed by atoms with Crippen LogP contribution in [0.4, 0.5) is 0 Å². The van der Waals surface area contributed by atoms with E-state index in [1.807, 2.05) is 13.0 Å². The van der Waals surface area contributed by atoms with Crippen LogP contribution < -0.4 is 0 Å². The second-order valence-electron chi connectivity index (χ2n) is 3.61. The summed E-state index contributed by atoms with van der Waals surface area (Å²) in [5.41, 5.74) is 0.611. The fourth-order valence-corrected chi connectivity index (χ4v) is 1.85. The molecule has 2 atom stereocenters. The first-order valence-electron chi connectivity index (χ1n) is 4.58. The molecule has 1 rings (SSSR count). The molecule has 0 heterocycles. The van der Waals surface area contributed by atoms with Crippen molar-refractivity contribution in [3.05, 3.63) is 11.6 Å². The summed E-state index contributed by atoms with van der Waals surface area (Å²) in [6, 6.07) is 0. The predicted octanol–water partition coefficient (Wildman–Crippen LogP) is 2.45. The largest absolute Gasteiger partial charge is 0.478 e. The molecule has 0 saturated carbocycles. The van der Waals surface area contributed by atoms with Crippen LogP contribution in [-0.4, -0.2) is 11.1 Å². The van der Waals surface area contributed by atoms with Crippen molar-refractivity contribution >= 4 is 5.97 Å². The lowest BCUT2D eigenvalue weighted by atomic mass is 9.81. The quantitative estimate of drug-likeness (QED) is 0.687. The lowest BCUT2D eigenvalue weighted by Gasteiger charge is -2.24. The summed E-state index contributed by atoms with van der Waals surface area (Å²) in [5, 5.41) is 8.80. The Kier molecular flexibility index (Phi) is 2.90. The second kappa shape index (κ2) is 3.74.